The monoisotopic (exact) mass is 482 g/mol. The molecule has 8 nitrogen and oxygen atoms in total. The fourth-order valence-electron chi connectivity index (χ4n) is 5.26. The molecule has 2 aliphatic heterocycles. The molecule has 1 atom stereocenters. The third-order valence-corrected chi connectivity index (χ3v) is 7.18. The average Bonchev–Trinajstić information content (AvgIpc) is 3.40. The number of hydrogen-bond acceptors (Lipinski definition) is 7. The lowest BCUT2D eigenvalue weighted by Gasteiger charge is -2.39. The molecule has 3 aromatic rings. The molecule has 36 heavy (non-hydrogen) atoms. The zero-order valence-corrected chi connectivity index (χ0v) is 21.3. The summed E-state index contributed by atoms with van der Waals surface area (Å²) in [5.41, 5.74) is 5.79. The predicted octanol–water partition coefficient (Wildman–Crippen LogP) is 4.58. The molecular weight excluding hydrogens is 448 g/mol. The lowest BCUT2D eigenvalue weighted by molar-refractivity contribution is 0.203. The fraction of sp³-hybridized carbons (Fsp3) is 0.429. The summed E-state index contributed by atoms with van der Waals surface area (Å²) in [6.45, 7) is 10.8. The molecule has 3 aliphatic rings. The second kappa shape index (κ2) is 9.41. The Labute approximate surface area is 212 Å². The molecule has 0 spiro atoms. The van der Waals surface area contributed by atoms with Crippen LogP contribution in [0.25, 0.3) is 22.5 Å². The molecule has 1 aliphatic carbocycles. The van der Waals surface area contributed by atoms with Crippen LogP contribution in [-0.4, -0.2) is 67.1 Å². The molecule has 0 radical (unpaired) electrons. The largest absolute Gasteiger partial charge is 0.358 e. The van der Waals surface area contributed by atoms with Crippen molar-refractivity contribution in [3.63, 3.8) is 0 Å². The molecule has 2 aromatic carbocycles. The van der Waals surface area contributed by atoms with Gasteiger partial charge in [0.25, 0.3) is 0 Å². The second-order valence-electron chi connectivity index (χ2n) is 10.7. The molecule has 3 heterocycles. The number of amidine groups is 1. The van der Waals surface area contributed by atoms with E-state index in [2.05, 4.69) is 92.6 Å². The summed E-state index contributed by atoms with van der Waals surface area (Å²) in [4.78, 5) is 12.6. The fourth-order valence-corrected chi connectivity index (χ4v) is 5.26. The van der Waals surface area contributed by atoms with E-state index in [1.807, 2.05) is 18.2 Å². The summed E-state index contributed by atoms with van der Waals surface area (Å²) >= 11 is 0. The van der Waals surface area contributed by atoms with Crippen molar-refractivity contribution in [3.05, 3.63) is 66.0 Å². The van der Waals surface area contributed by atoms with Crippen LogP contribution in [0.15, 0.2) is 65.4 Å². The number of hydrogen-bond donors (Lipinski definition) is 1. The standard InChI is InChI=1S/C28H34N8/c1-19(2)14-35-18-34(15-21-8-9-21)17-26-28(35)29-20(3)36(26)16-22-10-12-23(13-11-22)24-6-4-5-7-25(24)27-30-32-33-31-27/h4-7,10-13,17,19-21H,8-9,14-16,18H2,1-3H3,(H,30,31,32,33). The number of nitrogens with one attached hydrogen (secondary N) is 1. The molecule has 1 saturated carbocycles. The van der Waals surface area contributed by atoms with Crippen LogP contribution in [0.4, 0.5) is 0 Å². The second-order valence-corrected chi connectivity index (χ2v) is 10.7. The average molecular weight is 483 g/mol. The van der Waals surface area contributed by atoms with Gasteiger partial charge in [-0.15, -0.1) is 5.10 Å². The number of nitrogens with zero attached hydrogens (tertiary/aromatic N) is 7. The van der Waals surface area contributed by atoms with Gasteiger partial charge < -0.3 is 14.7 Å². The normalized spacial score (nSPS) is 19.6. The maximum Gasteiger partial charge on any atom is 0.180 e. The minimum Gasteiger partial charge on any atom is -0.358 e. The van der Waals surface area contributed by atoms with Gasteiger partial charge in [-0.2, -0.15) is 0 Å². The molecule has 0 saturated heterocycles. The van der Waals surface area contributed by atoms with E-state index >= 15 is 0 Å². The number of aromatic nitrogens is 4. The van der Waals surface area contributed by atoms with Gasteiger partial charge in [-0.1, -0.05) is 62.4 Å². The van der Waals surface area contributed by atoms with Crippen LogP contribution in [0, 0.1) is 11.8 Å². The van der Waals surface area contributed by atoms with E-state index in [9.17, 15) is 0 Å². The topological polar surface area (TPSA) is 76.5 Å². The van der Waals surface area contributed by atoms with E-state index in [1.165, 1.54) is 24.1 Å². The Balaban J connectivity index is 1.23. The molecular formula is C28H34N8. The molecule has 0 amide bonds. The molecule has 1 aromatic heterocycles. The van der Waals surface area contributed by atoms with Gasteiger partial charge in [0, 0.05) is 31.4 Å². The zero-order chi connectivity index (χ0) is 24.6. The first-order valence-electron chi connectivity index (χ1n) is 13.0. The van der Waals surface area contributed by atoms with Gasteiger partial charge in [0.05, 0.1) is 12.4 Å². The Bertz CT molecular complexity index is 1260. The van der Waals surface area contributed by atoms with Gasteiger partial charge in [0.15, 0.2) is 11.7 Å². The van der Waals surface area contributed by atoms with Crippen molar-refractivity contribution < 1.29 is 0 Å². The Morgan fingerprint density at radius 2 is 1.81 bits per heavy atom. The summed E-state index contributed by atoms with van der Waals surface area (Å²) in [6, 6.07) is 17.1. The van der Waals surface area contributed by atoms with Crippen molar-refractivity contribution >= 4 is 5.84 Å². The van der Waals surface area contributed by atoms with E-state index in [1.54, 1.807) is 0 Å². The maximum absolute atomic E-state index is 5.11. The number of tetrazole rings is 1. The number of fused-ring (bicyclic) bond motifs is 1. The van der Waals surface area contributed by atoms with E-state index in [0.717, 1.165) is 54.7 Å². The van der Waals surface area contributed by atoms with Crippen molar-refractivity contribution in [1.82, 2.24) is 35.3 Å². The molecule has 1 unspecified atom stereocenters. The molecule has 0 bridgehead atoms. The van der Waals surface area contributed by atoms with Gasteiger partial charge in [-0.05, 0) is 58.7 Å². The van der Waals surface area contributed by atoms with Crippen LogP contribution in [0.2, 0.25) is 0 Å². The van der Waals surface area contributed by atoms with E-state index in [4.69, 9.17) is 4.99 Å². The number of benzene rings is 2. The summed E-state index contributed by atoms with van der Waals surface area (Å²) in [6.07, 6.45) is 5.23. The third-order valence-electron chi connectivity index (χ3n) is 7.18. The Morgan fingerprint density at radius 1 is 1.03 bits per heavy atom. The molecule has 186 valence electrons. The Hall–Kier alpha value is -3.68. The number of H-pyrrole nitrogens is 1. The minimum absolute atomic E-state index is 0.126. The molecule has 8 heteroatoms. The van der Waals surface area contributed by atoms with E-state index in [-0.39, 0.29) is 6.17 Å². The van der Waals surface area contributed by atoms with Crippen LogP contribution in [-0.2, 0) is 6.54 Å². The minimum atomic E-state index is 0.126. The van der Waals surface area contributed by atoms with Crippen molar-refractivity contribution in [2.24, 2.45) is 16.8 Å². The first kappa shape index (κ1) is 22.8. The quantitative estimate of drug-likeness (QED) is 0.507. The Morgan fingerprint density at radius 3 is 2.50 bits per heavy atom. The third kappa shape index (κ3) is 4.59. The highest BCUT2D eigenvalue weighted by atomic mass is 15.5. The lowest BCUT2D eigenvalue weighted by atomic mass is 9.98. The van der Waals surface area contributed by atoms with Crippen molar-refractivity contribution in [2.75, 3.05) is 19.8 Å². The predicted molar refractivity (Wildman–Crippen MR) is 141 cm³/mol. The van der Waals surface area contributed by atoms with Gasteiger partial charge in [-0.25, -0.2) is 10.1 Å². The van der Waals surface area contributed by atoms with Crippen LogP contribution >= 0.6 is 0 Å². The van der Waals surface area contributed by atoms with Gasteiger partial charge in [-0.3, -0.25) is 0 Å². The smallest absolute Gasteiger partial charge is 0.180 e. The highest BCUT2D eigenvalue weighted by Crippen LogP contribution is 2.34. The van der Waals surface area contributed by atoms with Crippen molar-refractivity contribution in [2.45, 2.75) is 46.3 Å². The van der Waals surface area contributed by atoms with Crippen molar-refractivity contribution in [1.29, 1.82) is 0 Å². The van der Waals surface area contributed by atoms with Crippen LogP contribution < -0.4 is 0 Å². The molecule has 6 rings (SSSR count). The summed E-state index contributed by atoms with van der Waals surface area (Å²) < 4.78 is 0. The van der Waals surface area contributed by atoms with Crippen LogP contribution in [0.1, 0.15) is 39.2 Å². The maximum atomic E-state index is 5.11. The molecule has 1 N–H and O–H groups in total. The lowest BCUT2D eigenvalue weighted by Crippen LogP contribution is -2.47. The summed E-state index contributed by atoms with van der Waals surface area (Å²) in [7, 11) is 0. The van der Waals surface area contributed by atoms with Gasteiger partial charge in [0.1, 0.15) is 6.17 Å². The number of rotatable bonds is 8. The van der Waals surface area contributed by atoms with Gasteiger partial charge >= 0.3 is 0 Å². The van der Waals surface area contributed by atoms with Crippen molar-refractivity contribution in [3.8, 4) is 22.5 Å². The molecule has 1 fully saturated rings. The SMILES string of the molecule is CC(C)CN1CN(CC2CC2)C=C2C1=NC(C)N2Cc1ccc(-c2ccccc2-c2nnn[nH]2)cc1. The summed E-state index contributed by atoms with van der Waals surface area (Å²) in [5, 5.41) is 14.5. The zero-order valence-electron chi connectivity index (χ0n) is 21.3. The first-order valence-corrected chi connectivity index (χ1v) is 13.0. The highest BCUT2D eigenvalue weighted by Gasteiger charge is 2.36. The number of aromatic amines is 1. The van der Waals surface area contributed by atoms with E-state index in [0.29, 0.717) is 11.7 Å². The summed E-state index contributed by atoms with van der Waals surface area (Å²) in [5.74, 6) is 3.30. The van der Waals surface area contributed by atoms with Crippen LogP contribution in [0.5, 0.6) is 0 Å². The van der Waals surface area contributed by atoms with E-state index < -0.39 is 0 Å². The number of aliphatic imine (C=N–C) groups is 1. The highest BCUT2D eigenvalue weighted by molar-refractivity contribution is 6.00. The van der Waals surface area contributed by atoms with Gasteiger partial charge in [0.2, 0.25) is 0 Å². The van der Waals surface area contributed by atoms with Crippen LogP contribution in [0.3, 0.4) is 0 Å². The Kier molecular flexibility index (Phi) is 5.95. The first-order chi connectivity index (χ1) is 17.5.